The molecule has 3 atom stereocenters. The second kappa shape index (κ2) is 13.2. The van der Waals surface area contributed by atoms with E-state index in [0.717, 1.165) is 30.4 Å². The molecule has 0 aromatic heterocycles. The predicted molar refractivity (Wildman–Crippen MR) is 134 cm³/mol. The van der Waals surface area contributed by atoms with E-state index in [1.54, 1.807) is 22.0 Å². The topological polar surface area (TPSA) is 87.2 Å². The standard InChI is InChI=1S/C28H38N2O5/c1-3-5-6-14-27(33)35-20-24-13-9-15-29(24)28(34)22(10-4-2)17-26(32)30-18-23-12-8-7-11-21(23)16-25(30)19-31/h3-4,7-8,11-12,22,24-25,31H,1-2,5-6,9-10,13-20H2. The molecule has 3 rings (SSSR count). The van der Waals surface area contributed by atoms with Crippen molar-refractivity contribution in [2.45, 2.75) is 70.0 Å². The van der Waals surface area contributed by atoms with Gasteiger partial charge in [-0.05, 0) is 49.7 Å². The van der Waals surface area contributed by atoms with E-state index < -0.39 is 5.92 Å². The van der Waals surface area contributed by atoms with Gasteiger partial charge >= 0.3 is 5.97 Å². The second-order valence-electron chi connectivity index (χ2n) is 9.45. The minimum Gasteiger partial charge on any atom is -0.463 e. The Morgan fingerprint density at radius 3 is 2.60 bits per heavy atom. The van der Waals surface area contributed by atoms with Crippen LogP contribution in [0.1, 0.15) is 56.1 Å². The Morgan fingerprint density at radius 1 is 1.11 bits per heavy atom. The maximum absolute atomic E-state index is 13.5. The van der Waals surface area contributed by atoms with Gasteiger partial charge in [0.2, 0.25) is 11.8 Å². The molecule has 35 heavy (non-hydrogen) atoms. The molecular formula is C28H38N2O5. The molecule has 1 aromatic carbocycles. The van der Waals surface area contributed by atoms with Gasteiger partial charge in [0.1, 0.15) is 6.61 Å². The quantitative estimate of drug-likeness (QED) is 0.280. The Morgan fingerprint density at radius 2 is 1.89 bits per heavy atom. The van der Waals surface area contributed by atoms with Crippen LogP contribution in [0.3, 0.4) is 0 Å². The molecule has 190 valence electrons. The summed E-state index contributed by atoms with van der Waals surface area (Å²) in [5, 5.41) is 9.93. The van der Waals surface area contributed by atoms with E-state index in [1.165, 1.54) is 0 Å². The fourth-order valence-corrected chi connectivity index (χ4v) is 5.03. The highest BCUT2D eigenvalue weighted by Crippen LogP contribution is 2.27. The van der Waals surface area contributed by atoms with Crippen LogP contribution < -0.4 is 0 Å². The van der Waals surface area contributed by atoms with E-state index in [2.05, 4.69) is 13.2 Å². The fourth-order valence-electron chi connectivity index (χ4n) is 5.03. The molecule has 1 fully saturated rings. The van der Waals surface area contributed by atoms with Crippen molar-refractivity contribution in [1.29, 1.82) is 0 Å². The van der Waals surface area contributed by atoms with Gasteiger partial charge in [-0.2, -0.15) is 0 Å². The zero-order valence-electron chi connectivity index (χ0n) is 20.6. The average molecular weight is 483 g/mol. The minimum absolute atomic E-state index is 0.0636. The summed E-state index contributed by atoms with van der Waals surface area (Å²) in [6.45, 7) is 8.54. The number of benzene rings is 1. The van der Waals surface area contributed by atoms with Crippen molar-refractivity contribution in [2.75, 3.05) is 19.8 Å². The van der Waals surface area contributed by atoms with Crippen molar-refractivity contribution in [3.63, 3.8) is 0 Å². The van der Waals surface area contributed by atoms with E-state index in [1.807, 2.05) is 24.3 Å². The molecule has 3 unspecified atom stereocenters. The lowest BCUT2D eigenvalue weighted by atomic mass is 9.92. The van der Waals surface area contributed by atoms with Crippen molar-refractivity contribution in [3.8, 4) is 0 Å². The van der Waals surface area contributed by atoms with Crippen LogP contribution >= 0.6 is 0 Å². The summed E-state index contributed by atoms with van der Waals surface area (Å²) in [6.07, 6.45) is 7.93. The molecule has 1 aromatic rings. The molecule has 1 saturated heterocycles. The predicted octanol–water partition coefficient (Wildman–Crippen LogP) is 3.41. The van der Waals surface area contributed by atoms with E-state index in [9.17, 15) is 19.5 Å². The summed E-state index contributed by atoms with van der Waals surface area (Å²) in [6, 6.07) is 7.49. The summed E-state index contributed by atoms with van der Waals surface area (Å²) in [5.41, 5.74) is 2.22. The number of hydrogen-bond donors (Lipinski definition) is 1. The monoisotopic (exact) mass is 482 g/mol. The molecule has 0 spiro atoms. The number of unbranched alkanes of at least 4 members (excludes halogenated alkanes) is 1. The number of fused-ring (bicyclic) bond motifs is 1. The number of hydrogen-bond acceptors (Lipinski definition) is 5. The largest absolute Gasteiger partial charge is 0.463 e. The third kappa shape index (κ3) is 7.04. The van der Waals surface area contributed by atoms with Gasteiger partial charge in [-0.1, -0.05) is 36.4 Å². The van der Waals surface area contributed by atoms with Crippen LogP contribution in [0, 0.1) is 5.92 Å². The minimum atomic E-state index is -0.527. The first-order valence-corrected chi connectivity index (χ1v) is 12.6. The van der Waals surface area contributed by atoms with Gasteiger partial charge < -0.3 is 19.6 Å². The van der Waals surface area contributed by atoms with Gasteiger partial charge in [0.25, 0.3) is 0 Å². The lowest BCUT2D eigenvalue weighted by Crippen LogP contribution is -2.48. The molecular weight excluding hydrogens is 444 g/mol. The molecule has 1 N–H and O–H groups in total. The summed E-state index contributed by atoms with van der Waals surface area (Å²) in [5.74, 6) is -1.02. The van der Waals surface area contributed by atoms with Crippen molar-refractivity contribution in [1.82, 2.24) is 9.80 Å². The molecule has 0 bridgehead atoms. The van der Waals surface area contributed by atoms with Crippen LogP contribution in [0.25, 0.3) is 0 Å². The molecule has 0 aliphatic carbocycles. The number of esters is 1. The zero-order chi connectivity index (χ0) is 25.2. The van der Waals surface area contributed by atoms with Gasteiger partial charge in [0.15, 0.2) is 0 Å². The van der Waals surface area contributed by atoms with Crippen LogP contribution in [0.4, 0.5) is 0 Å². The van der Waals surface area contributed by atoms with Crippen molar-refractivity contribution in [3.05, 3.63) is 60.7 Å². The van der Waals surface area contributed by atoms with Crippen molar-refractivity contribution >= 4 is 17.8 Å². The summed E-state index contributed by atoms with van der Waals surface area (Å²) in [4.78, 5) is 42.3. The Balaban J connectivity index is 1.62. The Kier molecular flexibility index (Phi) is 10.1. The molecule has 7 heteroatoms. The first-order chi connectivity index (χ1) is 17.0. The third-order valence-electron chi connectivity index (χ3n) is 6.99. The Labute approximate surface area is 208 Å². The van der Waals surface area contributed by atoms with Gasteiger partial charge in [-0.15, -0.1) is 13.2 Å². The van der Waals surface area contributed by atoms with Crippen LogP contribution in [0.2, 0.25) is 0 Å². The molecule has 0 radical (unpaired) electrons. The highest BCUT2D eigenvalue weighted by Gasteiger charge is 2.36. The Bertz CT molecular complexity index is 914. The summed E-state index contributed by atoms with van der Waals surface area (Å²) in [7, 11) is 0. The molecule has 2 heterocycles. The molecule has 0 saturated carbocycles. The number of carbonyl (C=O) groups excluding carboxylic acids is 3. The van der Waals surface area contributed by atoms with Crippen LogP contribution in [0.15, 0.2) is 49.6 Å². The lowest BCUT2D eigenvalue weighted by Gasteiger charge is -2.37. The number of nitrogens with zero attached hydrogens (tertiary/aromatic N) is 2. The summed E-state index contributed by atoms with van der Waals surface area (Å²) >= 11 is 0. The molecule has 2 amide bonds. The third-order valence-corrected chi connectivity index (χ3v) is 6.99. The number of aliphatic hydroxyl groups is 1. The number of likely N-dealkylation sites (tertiary alicyclic amines) is 1. The lowest BCUT2D eigenvalue weighted by molar-refractivity contribution is -0.149. The first kappa shape index (κ1) is 26.7. The number of carbonyl (C=O) groups is 3. The highest BCUT2D eigenvalue weighted by atomic mass is 16.5. The van der Waals surface area contributed by atoms with Gasteiger partial charge in [0.05, 0.1) is 24.6 Å². The molecule has 2 aliphatic rings. The number of ether oxygens (including phenoxy) is 1. The fraction of sp³-hybridized carbons (Fsp3) is 0.536. The number of rotatable bonds is 12. The van der Waals surface area contributed by atoms with Crippen LogP contribution in [0.5, 0.6) is 0 Å². The van der Waals surface area contributed by atoms with Gasteiger partial charge in [-0.3, -0.25) is 14.4 Å². The van der Waals surface area contributed by atoms with Crippen LogP contribution in [-0.2, 0) is 32.1 Å². The highest BCUT2D eigenvalue weighted by molar-refractivity contribution is 5.86. The Hall–Kier alpha value is -2.93. The van der Waals surface area contributed by atoms with E-state index >= 15 is 0 Å². The SMILES string of the molecule is C=CCCCC(=O)OCC1CCCN1C(=O)C(CC=C)CC(=O)N1Cc2ccccc2CC1CO. The normalized spacial score (nSPS) is 20.1. The average Bonchev–Trinajstić information content (AvgIpc) is 3.34. The van der Waals surface area contributed by atoms with Gasteiger partial charge in [0, 0.05) is 25.9 Å². The summed E-state index contributed by atoms with van der Waals surface area (Å²) < 4.78 is 5.44. The maximum atomic E-state index is 13.5. The van der Waals surface area contributed by atoms with E-state index in [4.69, 9.17) is 4.74 Å². The maximum Gasteiger partial charge on any atom is 0.305 e. The molecule has 2 aliphatic heterocycles. The second-order valence-corrected chi connectivity index (χ2v) is 9.45. The van der Waals surface area contributed by atoms with Crippen molar-refractivity contribution in [2.24, 2.45) is 5.92 Å². The number of amides is 2. The van der Waals surface area contributed by atoms with Gasteiger partial charge in [-0.25, -0.2) is 0 Å². The smallest absolute Gasteiger partial charge is 0.305 e. The first-order valence-electron chi connectivity index (χ1n) is 12.6. The van der Waals surface area contributed by atoms with Crippen molar-refractivity contribution < 1.29 is 24.2 Å². The van der Waals surface area contributed by atoms with E-state index in [-0.39, 0.29) is 49.5 Å². The van der Waals surface area contributed by atoms with E-state index in [0.29, 0.717) is 38.8 Å². The van der Waals surface area contributed by atoms with Crippen LogP contribution in [-0.4, -0.2) is 64.5 Å². The number of allylic oxidation sites excluding steroid dienone is 2. The number of aliphatic hydroxyl groups excluding tert-OH is 1. The molecule has 7 nitrogen and oxygen atoms in total. The zero-order valence-corrected chi connectivity index (χ0v) is 20.6.